The van der Waals surface area contributed by atoms with Crippen molar-refractivity contribution in [2.45, 2.75) is 98.6 Å². The number of hydrogen-bond acceptors (Lipinski definition) is 11. The Labute approximate surface area is 314 Å². The van der Waals surface area contributed by atoms with Gasteiger partial charge in [0.2, 0.25) is 0 Å². The molecule has 13 nitrogen and oxygen atoms in total. The van der Waals surface area contributed by atoms with Crippen LogP contribution in [0.5, 0.6) is 0 Å². The molecule has 0 spiro atoms. The number of piperazine rings is 1. The summed E-state index contributed by atoms with van der Waals surface area (Å²) >= 11 is 0. The highest BCUT2D eigenvalue weighted by Crippen LogP contribution is 2.20. The van der Waals surface area contributed by atoms with Gasteiger partial charge in [-0.3, -0.25) is 19.6 Å². The highest BCUT2D eigenvalue weighted by atomic mass is 16.6. The molecule has 0 saturated carbocycles. The number of carbonyl (C=O) groups excluding carboxylic acids is 3. The summed E-state index contributed by atoms with van der Waals surface area (Å²) in [5.41, 5.74) is 2.81. The van der Waals surface area contributed by atoms with Crippen LogP contribution in [0.4, 0.5) is 9.59 Å². The minimum absolute atomic E-state index is 0.178. The van der Waals surface area contributed by atoms with Gasteiger partial charge in [-0.2, -0.15) is 0 Å². The second-order valence-corrected chi connectivity index (χ2v) is 16.4. The van der Waals surface area contributed by atoms with Gasteiger partial charge in [0, 0.05) is 70.2 Å². The second-order valence-electron chi connectivity index (χ2n) is 16.4. The number of pyridine rings is 1. The third kappa shape index (κ3) is 15.1. The summed E-state index contributed by atoms with van der Waals surface area (Å²) in [6, 6.07) is 14.2. The molecule has 1 aliphatic heterocycles. The van der Waals surface area contributed by atoms with Crippen molar-refractivity contribution in [2.75, 3.05) is 45.8 Å². The number of nitrogens with one attached hydrogen (secondary N) is 1. The van der Waals surface area contributed by atoms with Gasteiger partial charge in [0.05, 0.1) is 24.5 Å². The molecule has 1 fully saturated rings. The third-order valence-electron chi connectivity index (χ3n) is 7.88. The maximum atomic E-state index is 13.0. The van der Waals surface area contributed by atoms with Crippen LogP contribution < -0.4 is 5.32 Å². The number of ether oxygens (including phenoxy) is 3. The molecular formula is C40H57N7O6. The summed E-state index contributed by atoms with van der Waals surface area (Å²) in [7, 11) is 0. The Morgan fingerprint density at radius 3 is 2.09 bits per heavy atom. The van der Waals surface area contributed by atoms with Crippen LogP contribution in [-0.4, -0.2) is 110 Å². The van der Waals surface area contributed by atoms with Gasteiger partial charge < -0.3 is 24.4 Å². The SMILES string of the molecule is CC(C)(C)OC(=O)CN1CCN(Cc2cccc(Cc3nccc(-c4ccc(CN(CCNC(=O)OC(C)(C)C)C(=O)OC(C)(C)C)nc4)n3)c2)CC1. The molecule has 2 aromatic heterocycles. The van der Waals surface area contributed by atoms with E-state index in [2.05, 4.69) is 49.4 Å². The van der Waals surface area contributed by atoms with E-state index in [0.29, 0.717) is 24.5 Å². The summed E-state index contributed by atoms with van der Waals surface area (Å²) in [6.45, 7) is 21.6. The Kier molecular flexibility index (Phi) is 13.9. The van der Waals surface area contributed by atoms with Crippen LogP contribution in [-0.2, 0) is 38.5 Å². The summed E-state index contributed by atoms with van der Waals surface area (Å²) in [5.74, 6) is 0.524. The number of rotatable bonds is 12. The lowest BCUT2D eigenvalue weighted by molar-refractivity contribution is -0.156. The van der Waals surface area contributed by atoms with E-state index in [1.807, 2.05) is 59.7 Å². The van der Waals surface area contributed by atoms with Crippen molar-refractivity contribution in [3.63, 3.8) is 0 Å². The maximum Gasteiger partial charge on any atom is 0.410 e. The number of alkyl carbamates (subject to hydrolysis) is 1. The molecule has 0 unspecified atom stereocenters. The molecule has 0 aliphatic carbocycles. The number of amides is 2. The Morgan fingerprint density at radius 2 is 1.45 bits per heavy atom. The number of esters is 1. The molecule has 3 heterocycles. The van der Waals surface area contributed by atoms with Crippen LogP contribution >= 0.6 is 0 Å². The van der Waals surface area contributed by atoms with E-state index in [0.717, 1.165) is 49.5 Å². The van der Waals surface area contributed by atoms with Crippen molar-refractivity contribution >= 4 is 18.2 Å². The van der Waals surface area contributed by atoms with Gasteiger partial charge in [0.25, 0.3) is 0 Å². The summed E-state index contributed by atoms with van der Waals surface area (Å²) in [5, 5.41) is 2.70. The summed E-state index contributed by atoms with van der Waals surface area (Å²) in [4.78, 5) is 57.5. The summed E-state index contributed by atoms with van der Waals surface area (Å²) < 4.78 is 16.4. The minimum Gasteiger partial charge on any atom is -0.459 e. The Hall–Kier alpha value is -4.62. The first-order valence-electron chi connectivity index (χ1n) is 18.3. The van der Waals surface area contributed by atoms with E-state index in [4.69, 9.17) is 19.2 Å². The van der Waals surface area contributed by atoms with Gasteiger partial charge in [-0.25, -0.2) is 19.6 Å². The lowest BCUT2D eigenvalue weighted by atomic mass is 10.1. The lowest BCUT2D eigenvalue weighted by Gasteiger charge is -2.34. The predicted molar refractivity (Wildman–Crippen MR) is 203 cm³/mol. The summed E-state index contributed by atoms with van der Waals surface area (Å²) in [6.07, 6.45) is 3.02. The Balaban J connectivity index is 1.33. The molecule has 1 aliphatic rings. The average molecular weight is 732 g/mol. The van der Waals surface area contributed by atoms with Crippen molar-refractivity contribution in [3.05, 3.63) is 77.5 Å². The smallest absolute Gasteiger partial charge is 0.410 e. The first kappa shape index (κ1) is 41.1. The molecule has 1 saturated heterocycles. The fourth-order valence-electron chi connectivity index (χ4n) is 5.62. The van der Waals surface area contributed by atoms with Crippen LogP contribution in [0.1, 0.15) is 85.0 Å². The van der Waals surface area contributed by atoms with E-state index in [9.17, 15) is 14.4 Å². The van der Waals surface area contributed by atoms with E-state index >= 15 is 0 Å². The van der Waals surface area contributed by atoms with Gasteiger partial charge in [-0.15, -0.1) is 0 Å². The van der Waals surface area contributed by atoms with E-state index < -0.39 is 29.0 Å². The van der Waals surface area contributed by atoms with Crippen LogP contribution in [0.25, 0.3) is 11.3 Å². The van der Waals surface area contributed by atoms with Crippen molar-refractivity contribution < 1.29 is 28.6 Å². The quantitative estimate of drug-likeness (QED) is 0.177. The third-order valence-corrected chi connectivity index (χ3v) is 7.88. The van der Waals surface area contributed by atoms with Gasteiger partial charge in [-0.1, -0.05) is 24.3 Å². The zero-order valence-corrected chi connectivity index (χ0v) is 32.9. The number of nitrogens with zero attached hydrogens (tertiary/aromatic N) is 6. The molecule has 1 aromatic carbocycles. The number of benzene rings is 1. The first-order chi connectivity index (χ1) is 24.8. The van der Waals surface area contributed by atoms with Gasteiger partial charge >= 0.3 is 18.2 Å². The highest BCUT2D eigenvalue weighted by molar-refractivity contribution is 5.72. The zero-order chi connectivity index (χ0) is 38.8. The fraction of sp³-hybridized carbons (Fsp3) is 0.550. The van der Waals surface area contributed by atoms with E-state index in [1.165, 1.54) is 10.5 Å². The molecule has 0 radical (unpaired) electrons. The lowest BCUT2D eigenvalue weighted by Crippen LogP contribution is -2.48. The molecule has 288 valence electrons. The fourth-order valence-corrected chi connectivity index (χ4v) is 5.62. The number of carbonyl (C=O) groups is 3. The van der Waals surface area contributed by atoms with E-state index in [1.54, 1.807) is 33.2 Å². The zero-order valence-electron chi connectivity index (χ0n) is 32.9. The molecule has 2 amide bonds. The molecule has 13 heteroatoms. The topological polar surface area (TPSA) is 139 Å². The van der Waals surface area contributed by atoms with Gasteiger partial charge in [0.1, 0.15) is 22.6 Å². The average Bonchev–Trinajstić information content (AvgIpc) is 3.03. The van der Waals surface area contributed by atoms with Crippen LogP contribution in [0.15, 0.2) is 54.9 Å². The Bertz CT molecular complexity index is 1670. The largest absolute Gasteiger partial charge is 0.459 e. The molecule has 53 heavy (non-hydrogen) atoms. The molecular weight excluding hydrogens is 674 g/mol. The maximum absolute atomic E-state index is 13.0. The van der Waals surface area contributed by atoms with Crippen molar-refractivity contribution in [1.82, 2.24) is 35.0 Å². The van der Waals surface area contributed by atoms with Crippen LogP contribution in [0.2, 0.25) is 0 Å². The molecule has 3 aromatic rings. The van der Waals surface area contributed by atoms with Crippen molar-refractivity contribution in [2.24, 2.45) is 0 Å². The van der Waals surface area contributed by atoms with Crippen molar-refractivity contribution in [3.8, 4) is 11.3 Å². The van der Waals surface area contributed by atoms with Gasteiger partial charge in [-0.05, 0) is 91.6 Å². The molecule has 0 atom stereocenters. The predicted octanol–water partition coefficient (Wildman–Crippen LogP) is 5.85. The molecule has 0 bridgehead atoms. The normalized spacial score (nSPS) is 14.4. The number of hydrogen-bond donors (Lipinski definition) is 1. The molecule has 1 N–H and O–H groups in total. The Morgan fingerprint density at radius 1 is 0.792 bits per heavy atom. The highest BCUT2D eigenvalue weighted by Gasteiger charge is 2.25. The van der Waals surface area contributed by atoms with Crippen LogP contribution in [0.3, 0.4) is 0 Å². The standard InChI is InChI=1S/C40H57N7O6/c1-38(2,3)51-35(48)28-46-21-19-45(20-22-46)26-30-12-10-11-29(23-30)24-34-41-16-15-33(44-34)31-13-14-32(43-25-31)27-47(37(50)53-40(7,8)9)18-17-42-36(49)52-39(4,5)6/h10-16,23,25H,17-22,24,26-28H2,1-9H3,(H,42,49). The monoisotopic (exact) mass is 731 g/mol. The van der Waals surface area contributed by atoms with Crippen LogP contribution in [0, 0.1) is 0 Å². The molecule has 4 rings (SSSR count). The minimum atomic E-state index is -0.682. The van der Waals surface area contributed by atoms with Gasteiger partial charge in [0.15, 0.2) is 0 Å². The van der Waals surface area contributed by atoms with E-state index in [-0.39, 0.29) is 25.6 Å². The number of aromatic nitrogens is 3. The second kappa shape index (κ2) is 17.9. The van der Waals surface area contributed by atoms with Crippen molar-refractivity contribution in [1.29, 1.82) is 0 Å². The first-order valence-corrected chi connectivity index (χ1v) is 18.3.